The Morgan fingerprint density at radius 1 is 1.10 bits per heavy atom. The largest absolute Gasteiger partial charge is 0.480 e. The van der Waals surface area contributed by atoms with Crippen molar-refractivity contribution in [3.05, 3.63) is 35.9 Å². The molecule has 29 heavy (non-hydrogen) atoms. The second-order valence-corrected chi connectivity index (χ2v) is 7.41. The first-order valence-corrected chi connectivity index (χ1v) is 9.81. The average Bonchev–Trinajstić information content (AvgIpc) is 2.84. The summed E-state index contributed by atoms with van der Waals surface area (Å²) in [5.41, 5.74) is 1.04. The minimum atomic E-state index is -1.02. The molecule has 1 aromatic carbocycles. The number of aliphatic carboxylic acids is 2. The molecule has 2 saturated heterocycles. The van der Waals surface area contributed by atoms with Gasteiger partial charge in [-0.25, -0.2) is 9.80 Å². The highest BCUT2D eigenvalue weighted by Gasteiger charge is 2.42. The van der Waals surface area contributed by atoms with Gasteiger partial charge in [0.2, 0.25) is 0 Å². The number of aryl methyl sites for hydroxylation is 1. The first kappa shape index (κ1) is 22.8. The number of carboxylic acid groups (broad SMARTS) is 2. The second-order valence-electron chi connectivity index (χ2n) is 7.41. The number of carbonyl (C=O) groups is 3. The van der Waals surface area contributed by atoms with Gasteiger partial charge >= 0.3 is 11.9 Å². The maximum absolute atomic E-state index is 13.1. The third-order valence-electron chi connectivity index (χ3n) is 5.48. The second kappa shape index (κ2) is 10.3. The fraction of sp³-hybridized carbons (Fsp3) is 0.550. The zero-order valence-corrected chi connectivity index (χ0v) is 16.3. The number of nitrogens with zero attached hydrogens (tertiary/aromatic N) is 2. The van der Waals surface area contributed by atoms with Gasteiger partial charge in [-0.1, -0.05) is 30.3 Å². The number of fused-ring (bicyclic) bond motifs is 1. The number of amides is 1. The molecule has 0 aliphatic carbocycles. The summed E-state index contributed by atoms with van der Waals surface area (Å²) in [5, 5.41) is 25.3. The van der Waals surface area contributed by atoms with E-state index in [1.165, 1.54) is 5.01 Å². The van der Waals surface area contributed by atoms with E-state index in [9.17, 15) is 24.6 Å². The molecule has 3 rings (SSSR count). The van der Waals surface area contributed by atoms with E-state index in [-0.39, 0.29) is 11.4 Å². The van der Waals surface area contributed by atoms with Gasteiger partial charge in [-0.05, 0) is 44.1 Å². The van der Waals surface area contributed by atoms with Crippen LogP contribution in [0.4, 0.5) is 0 Å². The van der Waals surface area contributed by atoms with Crippen molar-refractivity contribution in [2.24, 2.45) is 0 Å². The van der Waals surface area contributed by atoms with Crippen molar-refractivity contribution < 1.29 is 30.1 Å². The summed E-state index contributed by atoms with van der Waals surface area (Å²) in [6, 6.07) is 7.17. The van der Waals surface area contributed by atoms with Crippen LogP contribution in [0.25, 0.3) is 0 Å². The van der Waals surface area contributed by atoms with Gasteiger partial charge in [0.15, 0.2) is 0 Å². The number of carbonyl (C=O) groups excluding carboxylic acids is 1. The first-order valence-electron chi connectivity index (χ1n) is 9.81. The van der Waals surface area contributed by atoms with E-state index in [1.54, 1.807) is 0 Å². The van der Waals surface area contributed by atoms with Crippen LogP contribution in [0.15, 0.2) is 30.3 Å². The summed E-state index contributed by atoms with van der Waals surface area (Å²) in [7, 11) is 0. The zero-order chi connectivity index (χ0) is 20.1. The van der Waals surface area contributed by atoms with Crippen LogP contribution in [0.5, 0.6) is 0 Å². The fourth-order valence-corrected chi connectivity index (χ4v) is 4.03. The Hall–Kier alpha value is -2.49. The summed E-state index contributed by atoms with van der Waals surface area (Å²) in [5.74, 6) is -2.36. The molecule has 9 heteroatoms. The van der Waals surface area contributed by atoms with E-state index in [4.69, 9.17) is 0 Å². The molecule has 3 unspecified atom stereocenters. The van der Waals surface area contributed by atoms with E-state index in [0.29, 0.717) is 45.2 Å². The highest BCUT2D eigenvalue weighted by molar-refractivity contribution is 5.87. The standard InChI is InChI=1S/C20H27N3O5.H2O/c24-18-15(8-4-12-22-13-5-9-17(20(27)28)23(18)22)21-16(19(25)26)11-10-14-6-2-1-3-7-14;/h1-3,6-7,15-17,21H,4-5,8-13H2,(H,25,26)(H,27,28);1H2. The topological polar surface area (TPSA) is 142 Å². The quantitative estimate of drug-likeness (QED) is 0.590. The van der Waals surface area contributed by atoms with Crippen LogP contribution in [-0.2, 0) is 20.8 Å². The van der Waals surface area contributed by atoms with Crippen molar-refractivity contribution in [1.82, 2.24) is 15.3 Å². The molecular weight excluding hydrogens is 378 g/mol. The van der Waals surface area contributed by atoms with Crippen LogP contribution < -0.4 is 5.32 Å². The maximum atomic E-state index is 13.1. The number of benzene rings is 1. The normalized spacial score (nSPS) is 23.4. The smallest absolute Gasteiger partial charge is 0.328 e. The number of rotatable bonds is 7. The van der Waals surface area contributed by atoms with Gasteiger partial charge < -0.3 is 15.7 Å². The van der Waals surface area contributed by atoms with Crippen molar-refractivity contribution in [1.29, 1.82) is 0 Å². The summed E-state index contributed by atoms with van der Waals surface area (Å²) < 4.78 is 0. The molecular formula is C20H29N3O6. The molecule has 5 N–H and O–H groups in total. The lowest BCUT2D eigenvalue weighted by Crippen LogP contribution is -2.61. The molecule has 0 radical (unpaired) electrons. The Balaban J connectivity index is 0.00000300. The van der Waals surface area contributed by atoms with Gasteiger partial charge in [0, 0.05) is 13.1 Å². The van der Waals surface area contributed by atoms with Crippen LogP contribution >= 0.6 is 0 Å². The Labute approximate surface area is 169 Å². The van der Waals surface area contributed by atoms with Crippen LogP contribution in [-0.4, -0.2) is 74.8 Å². The van der Waals surface area contributed by atoms with E-state index >= 15 is 0 Å². The minimum absolute atomic E-state index is 0. The van der Waals surface area contributed by atoms with Crippen molar-refractivity contribution >= 4 is 17.8 Å². The van der Waals surface area contributed by atoms with Gasteiger partial charge in [0.05, 0.1) is 6.04 Å². The van der Waals surface area contributed by atoms with E-state index in [0.717, 1.165) is 12.0 Å². The molecule has 1 amide bonds. The SMILES string of the molecule is O.O=C(O)C(CCc1ccccc1)NC1CCCN2CCCC(C(=O)O)N2C1=O. The lowest BCUT2D eigenvalue weighted by Gasteiger charge is -2.42. The molecule has 2 fully saturated rings. The molecule has 9 nitrogen and oxygen atoms in total. The molecule has 2 aliphatic rings. The lowest BCUT2D eigenvalue weighted by molar-refractivity contribution is -0.174. The minimum Gasteiger partial charge on any atom is -0.480 e. The molecule has 3 atom stereocenters. The van der Waals surface area contributed by atoms with Crippen LogP contribution in [0.2, 0.25) is 0 Å². The van der Waals surface area contributed by atoms with E-state index < -0.39 is 30.1 Å². The lowest BCUT2D eigenvalue weighted by atomic mass is 10.0. The predicted octanol–water partition coefficient (Wildman–Crippen LogP) is 0.292. The van der Waals surface area contributed by atoms with Crippen molar-refractivity contribution in [3.8, 4) is 0 Å². The van der Waals surface area contributed by atoms with E-state index in [2.05, 4.69) is 5.32 Å². The van der Waals surface area contributed by atoms with Crippen LogP contribution in [0.3, 0.4) is 0 Å². The highest BCUT2D eigenvalue weighted by atomic mass is 16.4. The monoisotopic (exact) mass is 407 g/mol. The molecule has 2 aliphatic heterocycles. The number of hydrazine groups is 1. The number of nitrogens with one attached hydrogen (secondary N) is 1. The molecule has 160 valence electrons. The Morgan fingerprint density at radius 2 is 1.76 bits per heavy atom. The predicted molar refractivity (Wildman–Crippen MR) is 105 cm³/mol. The molecule has 0 aromatic heterocycles. The molecule has 0 spiro atoms. The summed E-state index contributed by atoms with van der Waals surface area (Å²) in [6.07, 6.45) is 3.29. The highest BCUT2D eigenvalue weighted by Crippen LogP contribution is 2.24. The van der Waals surface area contributed by atoms with Gasteiger partial charge in [-0.3, -0.25) is 19.9 Å². The summed E-state index contributed by atoms with van der Waals surface area (Å²) in [4.78, 5) is 36.5. The molecule has 0 saturated carbocycles. The Kier molecular flexibility index (Phi) is 8.12. The fourth-order valence-electron chi connectivity index (χ4n) is 4.03. The zero-order valence-electron chi connectivity index (χ0n) is 16.3. The van der Waals surface area contributed by atoms with E-state index in [1.807, 2.05) is 35.3 Å². The number of hydrogen-bond acceptors (Lipinski definition) is 5. The van der Waals surface area contributed by atoms with Gasteiger partial charge in [-0.15, -0.1) is 0 Å². The van der Waals surface area contributed by atoms with Gasteiger partial charge in [-0.2, -0.15) is 0 Å². The summed E-state index contributed by atoms with van der Waals surface area (Å²) >= 11 is 0. The van der Waals surface area contributed by atoms with Crippen LogP contribution in [0.1, 0.15) is 37.7 Å². The molecule has 0 bridgehead atoms. The molecule has 1 aromatic rings. The van der Waals surface area contributed by atoms with Crippen molar-refractivity contribution in [2.75, 3.05) is 13.1 Å². The average molecular weight is 407 g/mol. The first-order chi connectivity index (χ1) is 13.5. The number of hydrogen-bond donors (Lipinski definition) is 3. The van der Waals surface area contributed by atoms with Crippen LogP contribution in [0, 0.1) is 0 Å². The third-order valence-corrected chi connectivity index (χ3v) is 5.48. The summed E-state index contributed by atoms with van der Waals surface area (Å²) in [6.45, 7) is 1.26. The Bertz CT molecular complexity index is 713. The maximum Gasteiger partial charge on any atom is 0.328 e. The van der Waals surface area contributed by atoms with Gasteiger partial charge in [0.25, 0.3) is 5.91 Å². The third kappa shape index (κ3) is 5.53. The number of carboxylic acids is 2. The van der Waals surface area contributed by atoms with Crippen molar-refractivity contribution in [3.63, 3.8) is 0 Å². The molecule has 2 heterocycles. The van der Waals surface area contributed by atoms with Crippen molar-refractivity contribution in [2.45, 2.75) is 56.7 Å². The Morgan fingerprint density at radius 3 is 2.38 bits per heavy atom. The van der Waals surface area contributed by atoms with Gasteiger partial charge in [0.1, 0.15) is 12.1 Å².